The standard InChI is InChI=1S/C25H24F4N4O4S/c1-30-38(35,17-10-8-16(9-11-17)37-25(27,28)29)32-18-4-2-5-19(23(18)34)33-20-14-15(26)7-12-21(20)36-22-6-3-13-31-24(22)33/h3,6-14,18-19,23,34H,2,4-5H2,1H3,(H,30,32,35). The molecule has 38 heavy (non-hydrogen) atoms. The van der Waals surface area contributed by atoms with Crippen LogP contribution >= 0.6 is 0 Å². The van der Waals surface area contributed by atoms with Crippen LogP contribution in [0.1, 0.15) is 19.3 Å². The van der Waals surface area contributed by atoms with Crippen LogP contribution in [0, 0.1) is 5.82 Å². The molecule has 1 aromatic heterocycles. The van der Waals surface area contributed by atoms with Gasteiger partial charge < -0.3 is 19.5 Å². The zero-order chi connectivity index (χ0) is 27.1. The van der Waals surface area contributed by atoms with E-state index in [0.29, 0.717) is 42.3 Å². The molecule has 2 heterocycles. The highest BCUT2D eigenvalue weighted by atomic mass is 32.2. The van der Waals surface area contributed by atoms with Crippen LogP contribution in [-0.2, 0) is 9.92 Å². The third-order valence-corrected chi connectivity index (χ3v) is 8.53. The first-order valence-electron chi connectivity index (χ1n) is 11.8. The van der Waals surface area contributed by atoms with E-state index in [1.165, 1.54) is 37.4 Å². The lowest BCUT2D eigenvalue weighted by atomic mass is 9.87. The number of nitrogens with zero attached hydrogens (tertiary/aromatic N) is 3. The predicted octanol–water partition coefficient (Wildman–Crippen LogP) is 5.31. The number of benzene rings is 2. The fourth-order valence-electron chi connectivity index (χ4n) is 4.80. The normalized spacial score (nSPS) is 22.5. The van der Waals surface area contributed by atoms with Crippen molar-refractivity contribution < 1.29 is 36.4 Å². The average molecular weight is 553 g/mol. The number of alkyl halides is 3. The summed E-state index contributed by atoms with van der Waals surface area (Å²) in [5, 5.41) is 11.5. The van der Waals surface area contributed by atoms with Gasteiger partial charge in [-0.1, -0.05) is 0 Å². The van der Waals surface area contributed by atoms with E-state index in [4.69, 9.17) is 4.74 Å². The average Bonchev–Trinajstić information content (AvgIpc) is 2.88. The number of hydrogen-bond donors (Lipinski definition) is 2. The number of nitrogens with one attached hydrogen (secondary N) is 1. The third kappa shape index (κ3) is 5.13. The maximum atomic E-state index is 14.3. The predicted molar refractivity (Wildman–Crippen MR) is 131 cm³/mol. The minimum absolute atomic E-state index is 0.134. The van der Waals surface area contributed by atoms with E-state index >= 15 is 0 Å². The maximum absolute atomic E-state index is 14.3. The topological polar surface area (TPSA) is 96.3 Å². The molecule has 0 amide bonds. The second kappa shape index (κ2) is 10.0. The molecule has 0 radical (unpaired) electrons. The zero-order valence-electron chi connectivity index (χ0n) is 20.1. The summed E-state index contributed by atoms with van der Waals surface area (Å²) in [5.41, 5.74) is 0.405. The fraction of sp³-hybridized carbons (Fsp3) is 0.320. The minimum atomic E-state index is -4.86. The zero-order valence-corrected chi connectivity index (χ0v) is 20.9. The van der Waals surface area contributed by atoms with Gasteiger partial charge in [0.1, 0.15) is 21.5 Å². The van der Waals surface area contributed by atoms with Crippen molar-refractivity contribution in [1.82, 2.24) is 9.71 Å². The molecule has 2 aromatic carbocycles. The van der Waals surface area contributed by atoms with E-state index in [-0.39, 0.29) is 4.90 Å². The van der Waals surface area contributed by atoms with Crippen LogP contribution in [0.4, 0.5) is 29.1 Å². The Kier molecular flexibility index (Phi) is 6.92. The summed E-state index contributed by atoms with van der Waals surface area (Å²) in [4.78, 5) is 6.29. The van der Waals surface area contributed by atoms with Crippen LogP contribution in [-0.4, -0.2) is 45.9 Å². The Morgan fingerprint density at radius 1 is 1.16 bits per heavy atom. The molecular weight excluding hydrogens is 528 g/mol. The molecule has 13 heteroatoms. The number of aliphatic hydroxyl groups excluding tert-OH is 1. The highest BCUT2D eigenvalue weighted by Crippen LogP contribution is 2.48. The van der Waals surface area contributed by atoms with Crippen molar-refractivity contribution in [2.45, 2.75) is 48.7 Å². The number of aliphatic hydroxyl groups is 1. The van der Waals surface area contributed by atoms with Crippen molar-refractivity contribution >= 4 is 21.4 Å². The van der Waals surface area contributed by atoms with Gasteiger partial charge in [0, 0.05) is 25.4 Å². The van der Waals surface area contributed by atoms with E-state index in [1.807, 2.05) is 0 Å². The summed E-state index contributed by atoms with van der Waals surface area (Å²) in [7, 11) is -2.00. The molecular formula is C25H24F4N4O4S. The molecule has 2 N–H and O–H groups in total. The minimum Gasteiger partial charge on any atom is -0.451 e. The van der Waals surface area contributed by atoms with Crippen molar-refractivity contribution in [3.63, 3.8) is 0 Å². The molecule has 0 spiro atoms. The molecule has 4 atom stereocenters. The summed E-state index contributed by atoms with van der Waals surface area (Å²) < 4.78 is 82.3. The number of halogens is 4. The van der Waals surface area contributed by atoms with Crippen LogP contribution in [0.15, 0.2) is 70.1 Å². The van der Waals surface area contributed by atoms with Crippen molar-refractivity contribution in [2.24, 2.45) is 4.36 Å². The Morgan fingerprint density at radius 2 is 1.92 bits per heavy atom. The largest absolute Gasteiger partial charge is 0.573 e. The summed E-state index contributed by atoms with van der Waals surface area (Å²) in [6.07, 6.45) is -2.77. The number of pyridine rings is 1. The van der Waals surface area contributed by atoms with Gasteiger partial charge >= 0.3 is 6.36 Å². The van der Waals surface area contributed by atoms with Crippen LogP contribution in [0.5, 0.6) is 17.2 Å². The van der Waals surface area contributed by atoms with Crippen molar-refractivity contribution in [1.29, 1.82) is 0 Å². The first kappa shape index (κ1) is 26.2. The van der Waals surface area contributed by atoms with E-state index in [0.717, 1.165) is 12.1 Å². The molecule has 0 saturated heterocycles. The van der Waals surface area contributed by atoms with Gasteiger partial charge in [-0.3, -0.25) is 0 Å². The van der Waals surface area contributed by atoms with E-state index < -0.39 is 46.0 Å². The van der Waals surface area contributed by atoms with Gasteiger partial charge in [0.15, 0.2) is 17.3 Å². The van der Waals surface area contributed by atoms with Crippen LogP contribution in [0.2, 0.25) is 0 Å². The van der Waals surface area contributed by atoms with Gasteiger partial charge in [-0.15, -0.1) is 13.2 Å². The number of rotatable bonds is 5. The molecule has 202 valence electrons. The van der Waals surface area contributed by atoms with Crippen LogP contribution in [0.25, 0.3) is 0 Å². The summed E-state index contributed by atoms with van der Waals surface area (Å²) >= 11 is 0. The quantitative estimate of drug-likeness (QED) is 0.417. The Hall–Kier alpha value is -3.42. The first-order chi connectivity index (χ1) is 18.1. The third-order valence-electron chi connectivity index (χ3n) is 6.48. The number of aromatic nitrogens is 1. The highest BCUT2D eigenvalue weighted by molar-refractivity contribution is 7.91. The van der Waals surface area contributed by atoms with Crippen LogP contribution < -0.4 is 19.1 Å². The molecule has 2 aliphatic rings. The Labute approximate surface area is 216 Å². The first-order valence-corrected chi connectivity index (χ1v) is 13.3. The Balaban J connectivity index is 1.43. The molecule has 1 aliphatic carbocycles. The van der Waals surface area contributed by atoms with E-state index in [9.17, 15) is 26.9 Å². The second-order valence-corrected chi connectivity index (χ2v) is 11.0. The molecule has 4 unspecified atom stereocenters. The smallest absolute Gasteiger partial charge is 0.451 e. The fourth-order valence-corrected chi connectivity index (χ4v) is 6.43. The van der Waals surface area contributed by atoms with Gasteiger partial charge in [0.25, 0.3) is 0 Å². The van der Waals surface area contributed by atoms with Gasteiger partial charge in [0.2, 0.25) is 0 Å². The molecule has 5 rings (SSSR count). The van der Waals surface area contributed by atoms with E-state index in [2.05, 4.69) is 18.8 Å². The molecule has 1 fully saturated rings. The lowest BCUT2D eigenvalue weighted by Gasteiger charge is -2.44. The number of ether oxygens (including phenoxy) is 2. The van der Waals surface area contributed by atoms with Gasteiger partial charge in [-0.25, -0.2) is 22.7 Å². The summed E-state index contributed by atoms with van der Waals surface area (Å²) in [5.74, 6) is 0.324. The molecule has 1 saturated carbocycles. The van der Waals surface area contributed by atoms with Gasteiger partial charge in [-0.05, 0) is 67.8 Å². The monoisotopic (exact) mass is 552 g/mol. The number of hydrogen-bond acceptors (Lipinski definition) is 7. The lowest BCUT2D eigenvalue weighted by molar-refractivity contribution is -0.274. The van der Waals surface area contributed by atoms with Crippen molar-refractivity contribution in [2.75, 3.05) is 11.9 Å². The molecule has 8 nitrogen and oxygen atoms in total. The molecule has 3 aromatic rings. The van der Waals surface area contributed by atoms with Gasteiger partial charge in [0.05, 0.1) is 22.7 Å². The Morgan fingerprint density at radius 3 is 2.63 bits per heavy atom. The second-order valence-electron chi connectivity index (χ2n) is 8.85. The van der Waals surface area contributed by atoms with E-state index in [1.54, 1.807) is 23.2 Å². The Bertz CT molecular complexity index is 1440. The molecule has 1 aliphatic heterocycles. The summed E-state index contributed by atoms with van der Waals surface area (Å²) in [6.45, 7) is 0. The van der Waals surface area contributed by atoms with Crippen molar-refractivity contribution in [3.8, 4) is 17.2 Å². The molecule has 0 bridgehead atoms. The highest BCUT2D eigenvalue weighted by Gasteiger charge is 2.41. The number of anilines is 2. The lowest BCUT2D eigenvalue weighted by Crippen LogP contribution is -2.56. The van der Waals surface area contributed by atoms with Crippen molar-refractivity contribution in [3.05, 3.63) is 66.6 Å². The summed E-state index contributed by atoms with van der Waals surface area (Å²) in [6, 6.07) is 10.8. The SMILES string of the molecule is CN=S(=O)(NC1CCCC(N2c3cc(F)ccc3Oc3cccnc32)C1O)c1ccc(OC(F)(F)F)cc1. The van der Waals surface area contributed by atoms with Crippen LogP contribution in [0.3, 0.4) is 0 Å². The van der Waals surface area contributed by atoms with Gasteiger partial charge in [-0.2, -0.15) is 0 Å². The maximum Gasteiger partial charge on any atom is 0.573 e. The number of fused-ring (bicyclic) bond motifs is 2.